The predicted molar refractivity (Wildman–Crippen MR) is 148 cm³/mol. The fourth-order valence-corrected chi connectivity index (χ4v) is 5.79. The molecule has 8 rings (SSSR count). The summed E-state index contributed by atoms with van der Waals surface area (Å²) in [6, 6.07) is 34.7. The Morgan fingerprint density at radius 1 is 0.528 bits per heavy atom. The lowest BCUT2D eigenvalue weighted by Crippen LogP contribution is -2.15. The first-order valence-electron chi connectivity index (χ1n) is 12.1. The molecule has 1 aliphatic heterocycles. The zero-order valence-electron chi connectivity index (χ0n) is 19.3. The average molecular weight is 461 g/mol. The molecular weight excluding hydrogens is 440 g/mol. The molecule has 0 amide bonds. The number of hydrogen-bond acceptors (Lipinski definition) is 3. The standard InChI is InChI=1S/C32H20N4/c1-2-13-28-24(11-1)26-17-27-25-12-3-7-21-8-4-14-29(32(21)25)36(23-10-6-16-34-20-23)31(27)18-30(26)35(28)22-9-5-15-33-19-22/h1-20H. The van der Waals surface area contributed by atoms with E-state index in [0.29, 0.717) is 0 Å². The normalized spacial score (nSPS) is 12.4. The van der Waals surface area contributed by atoms with Crippen LogP contribution in [0.3, 0.4) is 0 Å². The van der Waals surface area contributed by atoms with Crippen molar-refractivity contribution in [1.29, 1.82) is 0 Å². The first-order valence-corrected chi connectivity index (χ1v) is 12.1. The number of pyridine rings is 2. The fourth-order valence-electron chi connectivity index (χ4n) is 5.79. The Labute approximate surface area is 207 Å². The summed E-state index contributed by atoms with van der Waals surface area (Å²) >= 11 is 0. The zero-order valence-corrected chi connectivity index (χ0v) is 19.3. The van der Waals surface area contributed by atoms with Gasteiger partial charge in [0, 0.05) is 34.1 Å². The second kappa shape index (κ2) is 7.27. The SMILES string of the molecule is c1cncc(N2c3cc4c(cc3-c3cccc5cccc2c35)c2ccccc2n4-c2cccnc2)c1. The van der Waals surface area contributed by atoms with Crippen molar-refractivity contribution < 1.29 is 0 Å². The van der Waals surface area contributed by atoms with Crippen molar-refractivity contribution in [2.45, 2.75) is 0 Å². The number of para-hydroxylation sites is 1. The molecule has 0 N–H and O–H groups in total. The van der Waals surface area contributed by atoms with Gasteiger partial charge in [-0.15, -0.1) is 0 Å². The topological polar surface area (TPSA) is 34.0 Å². The summed E-state index contributed by atoms with van der Waals surface area (Å²) in [4.78, 5) is 11.2. The van der Waals surface area contributed by atoms with Crippen LogP contribution in [0.15, 0.2) is 122 Å². The van der Waals surface area contributed by atoms with Crippen LogP contribution in [-0.2, 0) is 0 Å². The highest BCUT2D eigenvalue weighted by Gasteiger charge is 2.28. The predicted octanol–water partition coefficient (Wildman–Crippen LogP) is 8.18. The summed E-state index contributed by atoms with van der Waals surface area (Å²) in [6.45, 7) is 0. The number of fused-ring (bicyclic) bond motifs is 5. The second-order valence-corrected chi connectivity index (χ2v) is 9.18. The maximum absolute atomic E-state index is 4.46. The van der Waals surface area contributed by atoms with Crippen LogP contribution >= 0.6 is 0 Å². The van der Waals surface area contributed by atoms with Crippen LogP contribution in [0.25, 0.3) is 49.4 Å². The third-order valence-corrected chi connectivity index (χ3v) is 7.25. The molecule has 168 valence electrons. The van der Waals surface area contributed by atoms with Crippen molar-refractivity contribution in [1.82, 2.24) is 14.5 Å². The third kappa shape index (κ3) is 2.58. The van der Waals surface area contributed by atoms with Crippen LogP contribution in [-0.4, -0.2) is 14.5 Å². The van der Waals surface area contributed by atoms with E-state index >= 15 is 0 Å². The van der Waals surface area contributed by atoms with Crippen molar-refractivity contribution in [3.63, 3.8) is 0 Å². The van der Waals surface area contributed by atoms with Crippen molar-refractivity contribution in [2.75, 3.05) is 4.90 Å². The Hall–Kier alpha value is -4.96. The maximum Gasteiger partial charge on any atom is 0.0645 e. The molecule has 4 nitrogen and oxygen atoms in total. The van der Waals surface area contributed by atoms with Gasteiger partial charge in [-0.3, -0.25) is 9.97 Å². The molecule has 0 fully saturated rings. The minimum atomic E-state index is 1.05. The maximum atomic E-state index is 4.46. The minimum absolute atomic E-state index is 1.05. The molecule has 0 bridgehead atoms. The molecule has 7 aromatic rings. The number of anilines is 3. The van der Waals surface area contributed by atoms with Crippen LogP contribution in [0.5, 0.6) is 0 Å². The first-order chi connectivity index (χ1) is 17.9. The Balaban J connectivity index is 1.56. The molecule has 0 saturated heterocycles. The molecular formula is C32H20N4. The van der Waals surface area contributed by atoms with E-state index in [9.17, 15) is 0 Å². The molecule has 0 saturated carbocycles. The zero-order chi connectivity index (χ0) is 23.6. The molecule has 0 spiro atoms. The number of nitrogens with zero attached hydrogens (tertiary/aromatic N) is 4. The Morgan fingerprint density at radius 3 is 2.11 bits per heavy atom. The molecule has 0 radical (unpaired) electrons. The van der Waals surface area contributed by atoms with E-state index in [-0.39, 0.29) is 0 Å². The van der Waals surface area contributed by atoms with Crippen molar-refractivity contribution in [3.8, 4) is 16.8 Å². The highest BCUT2D eigenvalue weighted by Crippen LogP contribution is 2.52. The van der Waals surface area contributed by atoms with Crippen LogP contribution in [0.1, 0.15) is 0 Å². The molecule has 4 heterocycles. The Kier molecular flexibility index (Phi) is 3.91. The largest absolute Gasteiger partial charge is 0.308 e. The number of rotatable bonds is 2. The van der Waals surface area contributed by atoms with Crippen LogP contribution in [0.4, 0.5) is 17.1 Å². The van der Waals surface area contributed by atoms with Gasteiger partial charge in [-0.25, -0.2) is 0 Å². The van der Waals surface area contributed by atoms with Gasteiger partial charge in [0.2, 0.25) is 0 Å². The summed E-state index contributed by atoms with van der Waals surface area (Å²) < 4.78 is 2.32. The monoisotopic (exact) mass is 460 g/mol. The van der Waals surface area contributed by atoms with E-state index in [1.807, 2.05) is 36.9 Å². The first kappa shape index (κ1) is 19.4. The van der Waals surface area contributed by atoms with E-state index < -0.39 is 0 Å². The van der Waals surface area contributed by atoms with Gasteiger partial charge < -0.3 is 9.47 Å². The van der Waals surface area contributed by atoms with Gasteiger partial charge in [0.25, 0.3) is 0 Å². The van der Waals surface area contributed by atoms with E-state index in [0.717, 1.165) is 22.6 Å². The number of hydrogen-bond donors (Lipinski definition) is 0. The summed E-state index contributed by atoms with van der Waals surface area (Å²) in [5.74, 6) is 0. The molecule has 0 atom stereocenters. The molecule has 36 heavy (non-hydrogen) atoms. The van der Waals surface area contributed by atoms with Crippen molar-refractivity contribution in [2.24, 2.45) is 0 Å². The fraction of sp³-hybridized carbons (Fsp3) is 0. The smallest absolute Gasteiger partial charge is 0.0645 e. The summed E-state index contributed by atoms with van der Waals surface area (Å²) in [7, 11) is 0. The summed E-state index contributed by atoms with van der Waals surface area (Å²) in [5, 5.41) is 4.97. The van der Waals surface area contributed by atoms with E-state index in [1.165, 1.54) is 43.9 Å². The van der Waals surface area contributed by atoms with Crippen LogP contribution in [0, 0.1) is 0 Å². The number of benzene rings is 4. The van der Waals surface area contributed by atoms with E-state index in [1.54, 1.807) is 0 Å². The van der Waals surface area contributed by atoms with Gasteiger partial charge in [0.1, 0.15) is 0 Å². The highest BCUT2D eigenvalue weighted by atomic mass is 15.2. The second-order valence-electron chi connectivity index (χ2n) is 9.18. The summed E-state index contributed by atoms with van der Waals surface area (Å²) in [5.41, 5.74) is 9.23. The lowest BCUT2D eigenvalue weighted by molar-refractivity contribution is 1.14. The van der Waals surface area contributed by atoms with Gasteiger partial charge in [-0.1, -0.05) is 48.5 Å². The van der Waals surface area contributed by atoms with Gasteiger partial charge >= 0.3 is 0 Å². The van der Waals surface area contributed by atoms with E-state index in [4.69, 9.17) is 0 Å². The highest BCUT2D eigenvalue weighted by molar-refractivity contribution is 6.18. The quantitative estimate of drug-likeness (QED) is 0.261. The molecule has 0 unspecified atom stereocenters. The van der Waals surface area contributed by atoms with Crippen LogP contribution in [0.2, 0.25) is 0 Å². The molecule has 1 aliphatic rings. The van der Waals surface area contributed by atoms with Crippen molar-refractivity contribution in [3.05, 3.63) is 122 Å². The Bertz CT molecular complexity index is 1930. The average Bonchev–Trinajstić information content (AvgIpc) is 3.27. The van der Waals surface area contributed by atoms with Gasteiger partial charge in [0.05, 0.1) is 46.2 Å². The molecule has 4 heteroatoms. The van der Waals surface area contributed by atoms with Crippen molar-refractivity contribution >= 4 is 49.6 Å². The summed E-state index contributed by atoms with van der Waals surface area (Å²) in [6.07, 6.45) is 7.52. The number of aromatic nitrogens is 3. The Morgan fingerprint density at radius 2 is 1.31 bits per heavy atom. The minimum Gasteiger partial charge on any atom is -0.308 e. The molecule has 3 aromatic heterocycles. The van der Waals surface area contributed by atoms with Gasteiger partial charge in [-0.05, 0) is 59.5 Å². The lowest BCUT2D eigenvalue weighted by atomic mass is 9.90. The van der Waals surface area contributed by atoms with Crippen LogP contribution < -0.4 is 4.90 Å². The van der Waals surface area contributed by atoms with Gasteiger partial charge in [-0.2, -0.15) is 0 Å². The molecule has 4 aromatic carbocycles. The van der Waals surface area contributed by atoms with E-state index in [2.05, 4.69) is 104 Å². The third-order valence-electron chi connectivity index (χ3n) is 7.25. The lowest BCUT2D eigenvalue weighted by Gasteiger charge is -2.33. The van der Waals surface area contributed by atoms with Gasteiger partial charge in [0.15, 0.2) is 0 Å². The molecule has 0 aliphatic carbocycles.